The van der Waals surface area contributed by atoms with E-state index in [0.717, 1.165) is 33.3 Å². The number of aliphatic imine (C=N–C) groups is 1. The quantitative estimate of drug-likeness (QED) is 0.506. The van der Waals surface area contributed by atoms with Crippen LogP contribution in [0.25, 0.3) is 22.2 Å². The highest BCUT2D eigenvalue weighted by molar-refractivity contribution is 6.00. The maximum atomic E-state index is 10.4. The lowest BCUT2D eigenvalue weighted by Crippen LogP contribution is -2.11. The van der Waals surface area contributed by atoms with Crippen molar-refractivity contribution in [3.8, 4) is 11.3 Å². The van der Waals surface area contributed by atoms with Gasteiger partial charge in [-0.3, -0.25) is 4.99 Å². The van der Waals surface area contributed by atoms with Crippen LogP contribution in [0.1, 0.15) is 22.7 Å². The molecule has 0 fully saturated rings. The molecule has 0 unspecified atom stereocenters. The van der Waals surface area contributed by atoms with Crippen molar-refractivity contribution in [3.63, 3.8) is 0 Å². The second-order valence-electron chi connectivity index (χ2n) is 7.05. The Morgan fingerprint density at radius 2 is 1.74 bits per heavy atom. The summed E-state index contributed by atoms with van der Waals surface area (Å²) in [7, 11) is 0. The van der Waals surface area contributed by atoms with E-state index in [1.54, 1.807) is 0 Å². The van der Waals surface area contributed by atoms with E-state index in [1.807, 2.05) is 42.6 Å². The zero-order chi connectivity index (χ0) is 18.2. The van der Waals surface area contributed by atoms with Crippen LogP contribution < -0.4 is 0 Å². The van der Waals surface area contributed by atoms with Gasteiger partial charge in [0.15, 0.2) is 0 Å². The minimum Gasteiger partial charge on any atom is -0.390 e. The van der Waals surface area contributed by atoms with Crippen LogP contribution in [0.3, 0.4) is 0 Å². The van der Waals surface area contributed by atoms with E-state index in [1.165, 1.54) is 5.56 Å². The fourth-order valence-corrected chi connectivity index (χ4v) is 3.95. The van der Waals surface area contributed by atoms with E-state index in [-0.39, 0.29) is 6.04 Å². The minimum atomic E-state index is -0.457. The van der Waals surface area contributed by atoms with Gasteiger partial charge in [-0.25, -0.2) is 0 Å². The molecule has 1 heterocycles. The number of aliphatic hydroxyl groups excluding tert-OH is 1. The SMILES string of the molecule is O[C@@H]1Cc2ccccc2[C@@H]1N=Cc1cccc2cc(-c3ccccc3)[nH]c12. The summed E-state index contributed by atoms with van der Waals surface area (Å²) in [5, 5.41) is 11.6. The number of benzene rings is 3. The molecular formula is C24H20N2O. The number of rotatable bonds is 3. The molecule has 2 atom stereocenters. The number of aliphatic hydroxyl groups is 1. The Hall–Kier alpha value is -3.17. The van der Waals surface area contributed by atoms with E-state index in [4.69, 9.17) is 4.99 Å². The summed E-state index contributed by atoms with van der Waals surface area (Å²) in [6, 6.07) is 26.7. The maximum Gasteiger partial charge on any atom is 0.101 e. The Labute approximate surface area is 158 Å². The molecule has 5 rings (SSSR count). The van der Waals surface area contributed by atoms with E-state index in [9.17, 15) is 5.11 Å². The van der Waals surface area contributed by atoms with Crippen molar-refractivity contribution in [1.29, 1.82) is 0 Å². The molecule has 3 heteroatoms. The standard InChI is InChI=1S/C24H20N2O/c27-22-14-17-9-4-5-12-20(17)24(22)25-15-19-11-6-10-18-13-21(26-23(18)19)16-7-2-1-3-8-16/h1-13,15,22,24,26-27H,14H2/t22-,24+/m1/s1. The number of aromatic amines is 1. The van der Waals surface area contributed by atoms with Gasteiger partial charge in [0, 0.05) is 29.3 Å². The first-order valence-corrected chi connectivity index (χ1v) is 9.26. The Morgan fingerprint density at radius 1 is 0.926 bits per heavy atom. The van der Waals surface area contributed by atoms with Gasteiger partial charge in [-0.05, 0) is 22.8 Å². The highest BCUT2D eigenvalue weighted by Crippen LogP contribution is 2.34. The average Bonchev–Trinajstić information content (AvgIpc) is 3.28. The maximum absolute atomic E-state index is 10.4. The Balaban J connectivity index is 1.52. The summed E-state index contributed by atoms with van der Waals surface area (Å²) in [6.45, 7) is 0. The number of nitrogens with one attached hydrogen (secondary N) is 1. The lowest BCUT2D eigenvalue weighted by atomic mass is 10.1. The van der Waals surface area contributed by atoms with Crippen molar-refractivity contribution in [3.05, 3.63) is 95.6 Å². The Morgan fingerprint density at radius 3 is 2.63 bits per heavy atom. The first-order chi connectivity index (χ1) is 13.3. The number of hydrogen-bond donors (Lipinski definition) is 2. The summed E-state index contributed by atoms with van der Waals surface area (Å²) >= 11 is 0. The first kappa shape index (κ1) is 16.0. The van der Waals surface area contributed by atoms with Gasteiger partial charge in [-0.1, -0.05) is 72.8 Å². The third-order valence-electron chi connectivity index (χ3n) is 5.31. The van der Waals surface area contributed by atoms with Gasteiger partial charge in [0.05, 0.1) is 11.6 Å². The van der Waals surface area contributed by atoms with Crippen LogP contribution in [0, 0.1) is 0 Å². The number of aromatic nitrogens is 1. The molecule has 0 spiro atoms. The summed E-state index contributed by atoms with van der Waals surface area (Å²) in [6.07, 6.45) is 2.11. The van der Waals surface area contributed by atoms with Crippen molar-refractivity contribution in [1.82, 2.24) is 4.98 Å². The fraction of sp³-hybridized carbons (Fsp3) is 0.125. The molecule has 1 aliphatic rings. The van der Waals surface area contributed by atoms with Gasteiger partial charge in [-0.2, -0.15) is 0 Å². The molecule has 0 radical (unpaired) electrons. The van der Waals surface area contributed by atoms with Crippen LogP contribution in [0.2, 0.25) is 0 Å². The molecule has 27 heavy (non-hydrogen) atoms. The largest absolute Gasteiger partial charge is 0.390 e. The highest BCUT2D eigenvalue weighted by atomic mass is 16.3. The summed E-state index contributed by atoms with van der Waals surface area (Å²) in [4.78, 5) is 8.29. The van der Waals surface area contributed by atoms with Crippen molar-refractivity contribution < 1.29 is 5.11 Å². The van der Waals surface area contributed by atoms with Crippen LogP contribution >= 0.6 is 0 Å². The molecule has 1 aliphatic carbocycles. The molecule has 0 saturated heterocycles. The monoisotopic (exact) mass is 352 g/mol. The molecule has 1 aromatic heterocycles. The zero-order valence-electron chi connectivity index (χ0n) is 14.8. The van der Waals surface area contributed by atoms with Gasteiger partial charge >= 0.3 is 0 Å². The van der Waals surface area contributed by atoms with Crippen molar-refractivity contribution >= 4 is 17.1 Å². The second kappa shape index (κ2) is 6.53. The minimum absolute atomic E-state index is 0.194. The van der Waals surface area contributed by atoms with Gasteiger partial charge in [-0.15, -0.1) is 0 Å². The normalized spacial score (nSPS) is 19.0. The third kappa shape index (κ3) is 2.86. The van der Waals surface area contributed by atoms with E-state index >= 15 is 0 Å². The molecule has 0 amide bonds. The van der Waals surface area contributed by atoms with Crippen molar-refractivity contribution in [2.45, 2.75) is 18.6 Å². The molecule has 0 bridgehead atoms. The fourth-order valence-electron chi connectivity index (χ4n) is 3.95. The lowest BCUT2D eigenvalue weighted by molar-refractivity contribution is 0.159. The molecule has 3 aromatic carbocycles. The number of fused-ring (bicyclic) bond motifs is 2. The highest BCUT2D eigenvalue weighted by Gasteiger charge is 2.29. The number of hydrogen-bond acceptors (Lipinski definition) is 2. The summed E-state index contributed by atoms with van der Waals surface area (Å²) < 4.78 is 0. The van der Waals surface area contributed by atoms with Gasteiger partial charge in [0.25, 0.3) is 0 Å². The van der Waals surface area contributed by atoms with Gasteiger partial charge < -0.3 is 10.1 Å². The molecule has 2 N–H and O–H groups in total. The molecule has 0 aliphatic heterocycles. The molecule has 4 aromatic rings. The van der Waals surface area contributed by atoms with Crippen LogP contribution in [-0.2, 0) is 6.42 Å². The Bertz CT molecular complexity index is 1130. The van der Waals surface area contributed by atoms with Crippen LogP contribution in [-0.4, -0.2) is 22.4 Å². The number of para-hydroxylation sites is 1. The number of H-pyrrole nitrogens is 1. The van der Waals surface area contributed by atoms with Crippen molar-refractivity contribution in [2.75, 3.05) is 0 Å². The summed E-state index contributed by atoms with van der Waals surface area (Å²) in [5.74, 6) is 0. The average molecular weight is 352 g/mol. The van der Waals surface area contributed by atoms with Crippen LogP contribution in [0.4, 0.5) is 0 Å². The number of nitrogens with zero attached hydrogens (tertiary/aromatic N) is 1. The third-order valence-corrected chi connectivity index (χ3v) is 5.31. The lowest BCUT2D eigenvalue weighted by Gasteiger charge is -2.10. The van der Waals surface area contributed by atoms with Crippen LogP contribution in [0.5, 0.6) is 0 Å². The molecule has 0 saturated carbocycles. The smallest absolute Gasteiger partial charge is 0.101 e. The van der Waals surface area contributed by atoms with E-state index < -0.39 is 6.10 Å². The molecule has 132 valence electrons. The summed E-state index contributed by atoms with van der Waals surface area (Å²) in [5.41, 5.74) is 6.68. The molecule has 3 nitrogen and oxygen atoms in total. The first-order valence-electron chi connectivity index (χ1n) is 9.26. The van der Waals surface area contributed by atoms with Crippen molar-refractivity contribution in [2.24, 2.45) is 4.99 Å². The van der Waals surface area contributed by atoms with Gasteiger partial charge in [0.1, 0.15) is 6.04 Å². The Kier molecular flexibility index (Phi) is 3.88. The zero-order valence-corrected chi connectivity index (χ0v) is 14.8. The predicted molar refractivity (Wildman–Crippen MR) is 110 cm³/mol. The second-order valence-corrected chi connectivity index (χ2v) is 7.05. The van der Waals surface area contributed by atoms with Gasteiger partial charge in [0.2, 0.25) is 0 Å². The predicted octanol–water partition coefficient (Wildman–Crippen LogP) is 4.91. The topological polar surface area (TPSA) is 48.4 Å². The molecular weight excluding hydrogens is 332 g/mol. The van der Waals surface area contributed by atoms with E-state index in [0.29, 0.717) is 6.42 Å². The van der Waals surface area contributed by atoms with E-state index in [2.05, 4.69) is 47.4 Å². The van der Waals surface area contributed by atoms with Crippen LogP contribution in [0.15, 0.2) is 83.9 Å².